The second-order valence-corrected chi connectivity index (χ2v) is 10.7. The highest BCUT2D eigenvalue weighted by atomic mass is 79.9. The van der Waals surface area contributed by atoms with Gasteiger partial charge in [0.05, 0.1) is 23.0 Å². The zero-order chi connectivity index (χ0) is 24.2. The SMILES string of the molecule is COc1cc(/C=C2\SC(=S)N(Cc3ccc(C)cc3)C2=O)cc(Br)c1OCc1cccc(Cl)c1. The van der Waals surface area contributed by atoms with Gasteiger partial charge in [0.2, 0.25) is 0 Å². The molecule has 0 radical (unpaired) electrons. The molecule has 3 aromatic rings. The van der Waals surface area contributed by atoms with Gasteiger partial charge >= 0.3 is 0 Å². The van der Waals surface area contributed by atoms with Gasteiger partial charge in [-0.1, -0.05) is 77.5 Å². The first-order chi connectivity index (χ1) is 16.3. The van der Waals surface area contributed by atoms with Gasteiger partial charge in [-0.3, -0.25) is 9.69 Å². The lowest BCUT2D eigenvalue weighted by molar-refractivity contribution is -0.122. The van der Waals surface area contributed by atoms with Crippen molar-refractivity contribution < 1.29 is 14.3 Å². The maximum atomic E-state index is 13.1. The monoisotopic (exact) mass is 573 g/mol. The number of halogens is 2. The number of thiocarbonyl (C=S) groups is 1. The molecule has 0 bridgehead atoms. The lowest BCUT2D eigenvalue weighted by Gasteiger charge is -2.15. The number of hydrogen-bond acceptors (Lipinski definition) is 5. The fourth-order valence-electron chi connectivity index (χ4n) is 3.41. The maximum Gasteiger partial charge on any atom is 0.266 e. The topological polar surface area (TPSA) is 38.8 Å². The van der Waals surface area contributed by atoms with Crippen molar-refractivity contribution in [3.8, 4) is 11.5 Å². The Labute approximate surface area is 222 Å². The van der Waals surface area contributed by atoms with Crippen LogP contribution in [0.15, 0.2) is 70.0 Å². The Balaban J connectivity index is 1.53. The number of nitrogens with zero attached hydrogens (tertiary/aromatic N) is 1. The Morgan fingerprint density at radius 2 is 1.88 bits per heavy atom. The highest BCUT2D eigenvalue weighted by Crippen LogP contribution is 2.40. The molecule has 0 aliphatic carbocycles. The average molecular weight is 575 g/mol. The van der Waals surface area contributed by atoms with Crippen LogP contribution in [0, 0.1) is 6.92 Å². The number of thioether (sulfide) groups is 1. The first kappa shape index (κ1) is 24.8. The molecular weight excluding hydrogens is 554 g/mol. The van der Waals surface area contributed by atoms with Gasteiger partial charge in [-0.2, -0.15) is 0 Å². The largest absolute Gasteiger partial charge is 0.493 e. The number of carbonyl (C=O) groups is 1. The van der Waals surface area contributed by atoms with Gasteiger partial charge in [0.25, 0.3) is 5.91 Å². The van der Waals surface area contributed by atoms with Gasteiger partial charge in [0, 0.05) is 5.02 Å². The molecule has 0 saturated carbocycles. The van der Waals surface area contributed by atoms with Crippen LogP contribution in [0.2, 0.25) is 5.02 Å². The second kappa shape index (κ2) is 11.0. The standard InChI is InChI=1S/C26H21BrClNO3S2/c1-16-6-8-17(9-7-16)14-29-25(30)23(34-26(29)33)13-19-11-21(27)24(22(12-19)31-2)32-15-18-4-3-5-20(28)10-18/h3-13H,14-15H2,1-2H3/b23-13-. The molecule has 1 fully saturated rings. The molecule has 0 spiro atoms. The van der Waals surface area contributed by atoms with Crippen molar-refractivity contribution in [3.63, 3.8) is 0 Å². The number of methoxy groups -OCH3 is 1. The van der Waals surface area contributed by atoms with Gasteiger partial charge in [-0.05, 0) is 69.9 Å². The van der Waals surface area contributed by atoms with Crippen LogP contribution in [0.5, 0.6) is 11.5 Å². The molecule has 4 nitrogen and oxygen atoms in total. The third-order valence-electron chi connectivity index (χ3n) is 5.16. The Morgan fingerprint density at radius 1 is 1.12 bits per heavy atom. The van der Waals surface area contributed by atoms with Crippen molar-refractivity contribution in [2.24, 2.45) is 0 Å². The lowest BCUT2D eigenvalue weighted by atomic mass is 10.1. The summed E-state index contributed by atoms with van der Waals surface area (Å²) in [6.45, 7) is 2.82. The number of hydrogen-bond donors (Lipinski definition) is 0. The minimum Gasteiger partial charge on any atom is -0.493 e. The quantitative estimate of drug-likeness (QED) is 0.217. The van der Waals surface area contributed by atoms with E-state index in [1.165, 1.54) is 17.3 Å². The normalized spacial score (nSPS) is 14.7. The number of aryl methyl sites for hydroxylation is 1. The van der Waals surface area contributed by atoms with E-state index in [2.05, 4.69) is 15.9 Å². The number of benzene rings is 3. The van der Waals surface area contributed by atoms with Crippen LogP contribution in [0.4, 0.5) is 0 Å². The van der Waals surface area contributed by atoms with Gasteiger partial charge in [0.15, 0.2) is 11.5 Å². The van der Waals surface area contributed by atoms with E-state index in [-0.39, 0.29) is 5.91 Å². The molecule has 1 saturated heterocycles. The summed E-state index contributed by atoms with van der Waals surface area (Å²) in [5.41, 5.74) is 3.96. The molecular formula is C26H21BrClNO3S2. The van der Waals surface area contributed by atoms with Crippen LogP contribution in [-0.2, 0) is 17.9 Å². The fraction of sp³-hybridized carbons (Fsp3) is 0.154. The van der Waals surface area contributed by atoms with E-state index in [9.17, 15) is 4.79 Å². The third-order valence-corrected chi connectivity index (χ3v) is 7.36. The first-order valence-corrected chi connectivity index (χ1v) is 12.8. The Morgan fingerprint density at radius 3 is 2.59 bits per heavy atom. The minimum atomic E-state index is -0.105. The van der Waals surface area contributed by atoms with Crippen LogP contribution in [0.3, 0.4) is 0 Å². The predicted molar refractivity (Wildman–Crippen MR) is 146 cm³/mol. The van der Waals surface area contributed by atoms with E-state index in [0.29, 0.717) is 38.9 Å². The van der Waals surface area contributed by atoms with Crippen molar-refractivity contribution in [1.29, 1.82) is 0 Å². The Kier molecular flexibility index (Phi) is 7.99. The summed E-state index contributed by atoms with van der Waals surface area (Å²) in [5, 5.41) is 0.655. The molecule has 174 valence electrons. The molecule has 3 aromatic carbocycles. The molecule has 34 heavy (non-hydrogen) atoms. The summed E-state index contributed by atoms with van der Waals surface area (Å²) >= 11 is 16.4. The maximum absolute atomic E-state index is 13.1. The van der Waals surface area contributed by atoms with Gasteiger partial charge in [-0.25, -0.2) is 0 Å². The predicted octanol–water partition coefficient (Wildman–Crippen LogP) is 7.40. The summed E-state index contributed by atoms with van der Waals surface area (Å²) in [6.07, 6.45) is 1.82. The van der Waals surface area contributed by atoms with Crippen molar-refractivity contribution in [2.75, 3.05) is 7.11 Å². The molecule has 0 N–H and O–H groups in total. The number of rotatable bonds is 7. The Hall–Kier alpha value is -2.32. The van der Waals surface area contributed by atoms with E-state index in [0.717, 1.165) is 21.2 Å². The number of carbonyl (C=O) groups excluding carboxylic acids is 1. The molecule has 1 heterocycles. The summed E-state index contributed by atoms with van der Waals surface area (Å²) in [6, 6.07) is 19.3. The first-order valence-electron chi connectivity index (χ1n) is 10.4. The fourth-order valence-corrected chi connectivity index (χ4v) is 5.45. The zero-order valence-corrected chi connectivity index (χ0v) is 22.5. The van der Waals surface area contributed by atoms with Crippen molar-refractivity contribution in [3.05, 3.63) is 97.3 Å². The van der Waals surface area contributed by atoms with E-state index in [4.69, 9.17) is 33.3 Å². The van der Waals surface area contributed by atoms with E-state index in [1.54, 1.807) is 12.0 Å². The highest BCUT2D eigenvalue weighted by molar-refractivity contribution is 9.10. The van der Waals surface area contributed by atoms with Crippen LogP contribution < -0.4 is 9.47 Å². The zero-order valence-electron chi connectivity index (χ0n) is 18.5. The molecule has 8 heteroatoms. The molecule has 1 aliphatic rings. The summed E-state index contributed by atoms with van der Waals surface area (Å²) in [7, 11) is 1.58. The van der Waals surface area contributed by atoms with E-state index >= 15 is 0 Å². The smallest absolute Gasteiger partial charge is 0.266 e. The molecule has 1 aliphatic heterocycles. The van der Waals surface area contributed by atoms with Crippen molar-refractivity contribution in [2.45, 2.75) is 20.1 Å². The number of amides is 1. The minimum absolute atomic E-state index is 0.105. The van der Waals surface area contributed by atoms with Gasteiger partial charge < -0.3 is 9.47 Å². The molecule has 0 unspecified atom stereocenters. The molecule has 4 rings (SSSR count). The van der Waals surface area contributed by atoms with E-state index in [1.807, 2.05) is 73.7 Å². The van der Waals surface area contributed by atoms with Crippen LogP contribution in [0.25, 0.3) is 6.08 Å². The lowest BCUT2D eigenvalue weighted by Crippen LogP contribution is -2.27. The summed E-state index contributed by atoms with van der Waals surface area (Å²) in [5.74, 6) is 1.02. The molecule has 0 atom stereocenters. The van der Waals surface area contributed by atoms with E-state index < -0.39 is 0 Å². The van der Waals surface area contributed by atoms with Crippen LogP contribution in [0.1, 0.15) is 22.3 Å². The van der Waals surface area contributed by atoms with Crippen molar-refractivity contribution in [1.82, 2.24) is 4.90 Å². The van der Waals surface area contributed by atoms with Crippen LogP contribution in [-0.4, -0.2) is 22.2 Å². The number of ether oxygens (including phenoxy) is 2. The Bertz CT molecular complexity index is 1280. The van der Waals surface area contributed by atoms with Gasteiger partial charge in [0.1, 0.15) is 10.9 Å². The highest BCUT2D eigenvalue weighted by Gasteiger charge is 2.32. The van der Waals surface area contributed by atoms with Crippen molar-refractivity contribution >= 4 is 67.8 Å². The molecule has 0 aromatic heterocycles. The summed E-state index contributed by atoms with van der Waals surface area (Å²) in [4.78, 5) is 15.3. The third kappa shape index (κ3) is 5.84. The second-order valence-electron chi connectivity index (χ2n) is 7.71. The average Bonchev–Trinajstić information content (AvgIpc) is 3.06. The summed E-state index contributed by atoms with van der Waals surface area (Å²) < 4.78 is 12.8. The molecule has 1 amide bonds. The van der Waals surface area contributed by atoms with Crippen LogP contribution >= 0.6 is 51.5 Å². The van der Waals surface area contributed by atoms with Gasteiger partial charge in [-0.15, -0.1) is 0 Å².